The predicted octanol–water partition coefficient (Wildman–Crippen LogP) is 5.46. The second-order valence-corrected chi connectivity index (χ2v) is 8.39. The van der Waals surface area contributed by atoms with Gasteiger partial charge in [-0.15, -0.1) is 11.3 Å². The molecule has 2 aliphatic heterocycles. The van der Waals surface area contributed by atoms with Crippen LogP contribution in [0.5, 0.6) is 5.75 Å². The number of carbonyl (C=O) groups excluding carboxylic acids is 1. The molecule has 0 radical (unpaired) electrons. The first kappa shape index (κ1) is 17.5. The van der Waals surface area contributed by atoms with Crippen LogP contribution in [0.4, 0.5) is 0 Å². The highest BCUT2D eigenvalue weighted by Crippen LogP contribution is 2.44. The van der Waals surface area contributed by atoms with Crippen LogP contribution in [0.25, 0.3) is 0 Å². The van der Waals surface area contributed by atoms with E-state index >= 15 is 0 Å². The van der Waals surface area contributed by atoms with Gasteiger partial charge in [0.15, 0.2) is 0 Å². The average Bonchev–Trinajstić information content (AvgIpc) is 3.37. The molecule has 0 N–H and O–H groups in total. The molecule has 0 saturated carbocycles. The molecule has 28 heavy (non-hydrogen) atoms. The van der Waals surface area contributed by atoms with Crippen LogP contribution in [-0.2, 0) is 0 Å². The van der Waals surface area contributed by atoms with Crippen molar-refractivity contribution in [1.82, 2.24) is 5.01 Å². The third kappa shape index (κ3) is 2.91. The van der Waals surface area contributed by atoms with E-state index in [1.54, 1.807) is 22.4 Å². The quantitative estimate of drug-likeness (QED) is 0.540. The summed E-state index contributed by atoms with van der Waals surface area (Å²) in [5.41, 5.74) is 3.67. The van der Waals surface area contributed by atoms with E-state index in [4.69, 9.17) is 21.4 Å². The average molecular weight is 409 g/mol. The molecule has 0 unspecified atom stereocenters. The van der Waals surface area contributed by atoms with E-state index in [0.717, 1.165) is 28.1 Å². The van der Waals surface area contributed by atoms with E-state index in [9.17, 15) is 4.79 Å². The van der Waals surface area contributed by atoms with Crippen molar-refractivity contribution in [2.45, 2.75) is 25.6 Å². The molecule has 0 amide bonds. The minimum Gasteiger partial charge on any atom is -0.461 e. The number of rotatable bonds is 3. The molecule has 2 aliphatic rings. The number of carbonyl (C=O) groups is 1. The number of nitrogens with zero attached hydrogens (tertiary/aromatic N) is 2. The smallest absolute Gasteiger partial charge is 0.251 e. The highest BCUT2D eigenvalue weighted by atomic mass is 35.5. The molecule has 140 valence electrons. The zero-order valence-electron chi connectivity index (χ0n) is 15.1. The molecule has 2 aromatic carbocycles. The van der Waals surface area contributed by atoms with Crippen molar-refractivity contribution in [2.75, 3.05) is 0 Å². The molecule has 3 aromatic rings. The number of hydrazone groups is 1. The van der Waals surface area contributed by atoms with Crippen molar-refractivity contribution >= 4 is 34.4 Å². The van der Waals surface area contributed by atoms with Gasteiger partial charge in [-0.2, -0.15) is 5.10 Å². The normalized spacial score (nSPS) is 20.2. The van der Waals surface area contributed by atoms with Crippen molar-refractivity contribution in [3.63, 3.8) is 0 Å². The molecule has 1 aromatic heterocycles. The van der Waals surface area contributed by atoms with Gasteiger partial charge in [0.05, 0.1) is 16.6 Å². The van der Waals surface area contributed by atoms with Gasteiger partial charge in [-0.05, 0) is 36.6 Å². The number of hydrogen-bond donors (Lipinski definition) is 0. The Morgan fingerprint density at radius 1 is 1.21 bits per heavy atom. The highest BCUT2D eigenvalue weighted by molar-refractivity contribution is 7.12. The Morgan fingerprint density at radius 3 is 2.79 bits per heavy atom. The number of ketones is 1. The number of ether oxygens (including phenoxy) is 1. The Labute approximate surface area is 172 Å². The number of thiophene rings is 1. The van der Waals surface area contributed by atoms with Crippen LogP contribution in [0.2, 0.25) is 5.02 Å². The Kier molecular flexibility index (Phi) is 4.22. The Balaban J connectivity index is 1.57. The minimum atomic E-state index is -0.793. The van der Waals surface area contributed by atoms with Crippen molar-refractivity contribution in [3.8, 4) is 5.75 Å². The maximum Gasteiger partial charge on any atom is 0.251 e. The van der Waals surface area contributed by atoms with Crippen LogP contribution in [0.15, 0.2) is 65.1 Å². The van der Waals surface area contributed by atoms with Gasteiger partial charge in [-0.1, -0.05) is 47.5 Å². The fourth-order valence-corrected chi connectivity index (χ4v) is 4.58. The SMILES string of the molecule is Cc1ccc(C(=O)[C@H]2Oc3ccc(Cl)cc3[C@@H]3CC(c4cccs4)=NN23)cc1. The van der Waals surface area contributed by atoms with Gasteiger partial charge in [-0.25, -0.2) is 5.01 Å². The first-order valence-corrected chi connectivity index (χ1v) is 10.3. The first-order chi connectivity index (χ1) is 13.6. The number of hydrogen-bond acceptors (Lipinski definition) is 5. The summed E-state index contributed by atoms with van der Waals surface area (Å²) in [6.45, 7) is 2.00. The molecule has 4 nitrogen and oxygen atoms in total. The molecular formula is C22H17ClN2O2S. The molecule has 6 heteroatoms. The van der Waals surface area contributed by atoms with E-state index in [1.807, 2.05) is 54.8 Å². The Morgan fingerprint density at radius 2 is 2.04 bits per heavy atom. The zero-order chi connectivity index (χ0) is 19.3. The number of fused-ring (bicyclic) bond motifs is 3. The third-order valence-electron chi connectivity index (χ3n) is 5.12. The van der Waals surface area contributed by atoms with Gasteiger partial charge < -0.3 is 4.74 Å². The summed E-state index contributed by atoms with van der Waals surface area (Å²) in [5, 5.41) is 9.28. The van der Waals surface area contributed by atoms with Gasteiger partial charge >= 0.3 is 0 Å². The lowest BCUT2D eigenvalue weighted by molar-refractivity contribution is -0.00455. The van der Waals surface area contributed by atoms with E-state index < -0.39 is 6.23 Å². The lowest BCUT2D eigenvalue weighted by Crippen LogP contribution is -2.45. The largest absolute Gasteiger partial charge is 0.461 e. The van der Waals surface area contributed by atoms with Crippen molar-refractivity contribution in [3.05, 3.63) is 86.6 Å². The maximum absolute atomic E-state index is 13.3. The summed E-state index contributed by atoms with van der Waals surface area (Å²) in [6.07, 6.45) is -0.0756. The van der Waals surface area contributed by atoms with E-state index in [1.165, 1.54) is 0 Å². The van der Waals surface area contributed by atoms with E-state index in [2.05, 4.69) is 6.07 Å². The summed E-state index contributed by atoms with van der Waals surface area (Å²) < 4.78 is 6.13. The molecule has 3 heterocycles. The summed E-state index contributed by atoms with van der Waals surface area (Å²) >= 11 is 7.88. The number of Topliss-reactive ketones (excluding diaryl/α,β-unsaturated/α-hetero) is 1. The second kappa shape index (κ2) is 6.76. The molecule has 0 saturated heterocycles. The second-order valence-electron chi connectivity index (χ2n) is 7.01. The zero-order valence-corrected chi connectivity index (χ0v) is 16.7. The van der Waals surface area contributed by atoms with Crippen LogP contribution in [0, 0.1) is 6.92 Å². The minimum absolute atomic E-state index is 0.0704. The van der Waals surface area contributed by atoms with Gasteiger partial charge in [0.2, 0.25) is 5.78 Å². The van der Waals surface area contributed by atoms with E-state index in [0.29, 0.717) is 16.3 Å². The highest BCUT2D eigenvalue weighted by Gasteiger charge is 2.43. The molecule has 0 fully saturated rings. The van der Waals surface area contributed by atoms with Crippen LogP contribution < -0.4 is 4.74 Å². The third-order valence-corrected chi connectivity index (χ3v) is 6.27. The monoisotopic (exact) mass is 408 g/mol. The predicted molar refractivity (Wildman–Crippen MR) is 111 cm³/mol. The fourth-order valence-electron chi connectivity index (χ4n) is 3.68. The molecule has 0 spiro atoms. The molecule has 2 atom stereocenters. The number of aryl methyl sites for hydroxylation is 1. The van der Waals surface area contributed by atoms with Crippen LogP contribution >= 0.6 is 22.9 Å². The van der Waals surface area contributed by atoms with Crippen molar-refractivity contribution < 1.29 is 9.53 Å². The van der Waals surface area contributed by atoms with Crippen LogP contribution in [0.3, 0.4) is 0 Å². The standard InChI is InChI=1S/C22H17ClN2O2S/c1-13-4-6-14(7-5-13)21(26)22-25-18(12-17(24-25)20-3-2-10-28-20)16-11-15(23)8-9-19(16)27-22/h2-11,18,22H,12H2,1H3/t18-,22+/m0/s1. The fraction of sp³-hybridized carbons (Fsp3) is 0.182. The summed E-state index contributed by atoms with van der Waals surface area (Å²) in [6, 6.07) is 17.1. The topological polar surface area (TPSA) is 41.9 Å². The van der Waals surface area contributed by atoms with Gasteiger partial charge in [0.25, 0.3) is 6.23 Å². The molecule has 0 bridgehead atoms. The molecular weight excluding hydrogens is 392 g/mol. The summed E-state index contributed by atoms with van der Waals surface area (Å²) in [7, 11) is 0. The summed E-state index contributed by atoms with van der Waals surface area (Å²) in [4.78, 5) is 14.4. The van der Waals surface area contributed by atoms with Crippen molar-refractivity contribution in [1.29, 1.82) is 0 Å². The maximum atomic E-state index is 13.3. The van der Waals surface area contributed by atoms with Gasteiger partial charge in [0.1, 0.15) is 5.75 Å². The lowest BCUT2D eigenvalue weighted by Gasteiger charge is -2.37. The van der Waals surface area contributed by atoms with E-state index in [-0.39, 0.29) is 11.8 Å². The van der Waals surface area contributed by atoms with Gasteiger partial charge in [-0.3, -0.25) is 4.79 Å². The Bertz CT molecular complexity index is 1080. The van der Waals surface area contributed by atoms with Crippen LogP contribution in [-0.4, -0.2) is 22.7 Å². The molecule has 0 aliphatic carbocycles. The number of halogens is 1. The van der Waals surface area contributed by atoms with Crippen molar-refractivity contribution in [2.24, 2.45) is 5.10 Å². The molecule has 5 rings (SSSR count). The summed E-state index contributed by atoms with van der Waals surface area (Å²) in [5.74, 6) is 0.598. The van der Waals surface area contributed by atoms with Crippen LogP contribution in [0.1, 0.15) is 38.8 Å². The Hall–Kier alpha value is -2.63. The van der Waals surface area contributed by atoms with Gasteiger partial charge in [0, 0.05) is 22.6 Å². The first-order valence-electron chi connectivity index (χ1n) is 9.07. The number of benzene rings is 2. The lowest BCUT2D eigenvalue weighted by atomic mass is 9.97.